The number of benzene rings is 1. The zero-order valence-corrected chi connectivity index (χ0v) is 9.16. The Morgan fingerprint density at radius 3 is 2.62 bits per heavy atom. The zero-order chi connectivity index (χ0) is 9.84. The van der Waals surface area contributed by atoms with Gasteiger partial charge >= 0.3 is 6.61 Å². The molecule has 0 aliphatic rings. The highest BCUT2D eigenvalue weighted by molar-refractivity contribution is 9.10. The van der Waals surface area contributed by atoms with Crippen LogP contribution in [-0.4, -0.2) is 12.9 Å². The first-order chi connectivity index (χ1) is 6.13. The summed E-state index contributed by atoms with van der Waals surface area (Å²) in [6.07, 6.45) is 1.91. The van der Waals surface area contributed by atoms with Gasteiger partial charge in [0.05, 0.1) is 0 Å². The van der Waals surface area contributed by atoms with Crippen molar-refractivity contribution in [1.29, 1.82) is 0 Å². The quantitative estimate of drug-likeness (QED) is 0.772. The van der Waals surface area contributed by atoms with E-state index in [-0.39, 0.29) is 5.75 Å². The van der Waals surface area contributed by atoms with E-state index in [0.717, 1.165) is 9.37 Å². The molecule has 72 valence electrons. The maximum Gasteiger partial charge on any atom is 0.387 e. The SMILES string of the molecule is CSc1ccc(OC(F)F)cc1Br. The van der Waals surface area contributed by atoms with Crippen LogP contribution in [0.1, 0.15) is 0 Å². The second-order valence-electron chi connectivity index (χ2n) is 2.17. The summed E-state index contributed by atoms with van der Waals surface area (Å²) >= 11 is 4.78. The first kappa shape index (κ1) is 10.8. The van der Waals surface area contributed by atoms with E-state index >= 15 is 0 Å². The topological polar surface area (TPSA) is 9.23 Å². The molecular formula is C8H7BrF2OS. The largest absolute Gasteiger partial charge is 0.435 e. The Morgan fingerprint density at radius 1 is 1.46 bits per heavy atom. The molecule has 1 aromatic carbocycles. The van der Waals surface area contributed by atoms with Crippen molar-refractivity contribution in [3.63, 3.8) is 0 Å². The van der Waals surface area contributed by atoms with Crippen LogP contribution in [0.3, 0.4) is 0 Å². The van der Waals surface area contributed by atoms with Gasteiger partial charge in [-0.3, -0.25) is 0 Å². The van der Waals surface area contributed by atoms with Gasteiger partial charge in [0.2, 0.25) is 0 Å². The lowest BCUT2D eigenvalue weighted by molar-refractivity contribution is -0.0499. The van der Waals surface area contributed by atoms with Gasteiger partial charge in [-0.15, -0.1) is 11.8 Å². The van der Waals surface area contributed by atoms with Crippen molar-refractivity contribution < 1.29 is 13.5 Å². The van der Waals surface area contributed by atoms with Gasteiger partial charge in [-0.05, 0) is 40.4 Å². The lowest BCUT2D eigenvalue weighted by atomic mass is 10.3. The van der Waals surface area contributed by atoms with E-state index in [1.807, 2.05) is 6.26 Å². The van der Waals surface area contributed by atoms with Crippen LogP contribution in [-0.2, 0) is 0 Å². The Labute approximate surface area is 87.6 Å². The third-order valence-corrected chi connectivity index (χ3v) is 3.06. The van der Waals surface area contributed by atoms with Gasteiger partial charge in [-0.25, -0.2) is 0 Å². The minimum absolute atomic E-state index is 0.166. The van der Waals surface area contributed by atoms with E-state index in [0.29, 0.717) is 0 Å². The van der Waals surface area contributed by atoms with Crippen LogP contribution in [0, 0.1) is 0 Å². The summed E-state index contributed by atoms with van der Waals surface area (Å²) in [6, 6.07) is 4.77. The fraction of sp³-hybridized carbons (Fsp3) is 0.250. The third-order valence-electron chi connectivity index (χ3n) is 1.35. The van der Waals surface area contributed by atoms with E-state index in [2.05, 4.69) is 20.7 Å². The number of ether oxygens (including phenoxy) is 1. The first-order valence-corrected chi connectivity index (χ1v) is 5.43. The van der Waals surface area contributed by atoms with Gasteiger partial charge in [-0.2, -0.15) is 8.78 Å². The first-order valence-electron chi connectivity index (χ1n) is 3.42. The highest BCUT2D eigenvalue weighted by Crippen LogP contribution is 2.29. The predicted octanol–water partition coefficient (Wildman–Crippen LogP) is 3.77. The number of hydrogen-bond donors (Lipinski definition) is 0. The van der Waals surface area contributed by atoms with Crippen molar-refractivity contribution in [1.82, 2.24) is 0 Å². The van der Waals surface area contributed by atoms with Gasteiger partial charge in [0.25, 0.3) is 0 Å². The summed E-state index contributed by atoms with van der Waals surface area (Å²) in [7, 11) is 0. The summed E-state index contributed by atoms with van der Waals surface area (Å²) in [6.45, 7) is -2.77. The smallest absolute Gasteiger partial charge is 0.387 e. The standard InChI is InChI=1S/C8H7BrF2OS/c1-13-7-3-2-5(4-6(7)9)12-8(10)11/h2-4,8H,1H3. The molecule has 0 heterocycles. The molecule has 0 aliphatic carbocycles. The zero-order valence-electron chi connectivity index (χ0n) is 6.76. The summed E-state index contributed by atoms with van der Waals surface area (Å²) in [5.74, 6) is 0.166. The van der Waals surface area contributed by atoms with Crippen molar-refractivity contribution in [2.75, 3.05) is 6.26 Å². The minimum atomic E-state index is -2.77. The summed E-state index contributed by atoms with van der Waals surface area (Å²) in [4.78, 5) is 0.988. The van der Waals surface area contributed by atoms with Crippen molar-refractivity contribution in [2.45, 2.75) is 11.5 Å². The lowest BCUT2D eigenvalue weighted by Gasteiger charge is -2.06. The van der Waals surface area contributed by atoms with Crippen molar-refractivity contribution in [2.24, 2.45) is 0 Å². The second-order valence-corrected chi connectivity index (χ2v) is 3.88. The fourth-order valence-corrected chi connectivity index (χ4v) is 2.12. The molecule has 0 spiro atoms. The van der Waals surface area contributed by atoms with Gasteiger partial charge in [0, 0.05) is 9.37 Å². The molecule has 0 fully saturated rings. The molecule has 0 aliphatic heterocycles. The molecule has 1 aromatic rings. The molecule has 0 saturated carbocycles. The average Bonchev–Trinajstić information content (AvgIpc) is 2.03. The van der Waals surface area contributed by atoms with E-state index < -0.39 is 6.61 Å². The van der Waals surface area contributed by atoms with Crippen molar-refractivity contribution >= 4 is 27.7 Å². The number of thioether (sulfide) groups is 1. The van der Waals surface area contributed by atoms with Crippen molar-refractivity contribution in [3.8, 4) is 5.75 Å². The van der Waals surface area contributed by atoms with Crippen LogP contribution in [0.4, 0.5) is 8.78 Å². The average molecular weight is 269 g/mol. The molecular weight excluding hydrogens is 262 g/mol. The maximum absolute atomic E-state index is 11.8. The number of alkyl halides is 2. The molecule has 0 unspecified atom stereocenters. The number of rotatable bonds is 3. The fourth-order valence-electron chi connectivity index (χ4n) is 0.823. The Morgan fingerprint density at radius 2 is 2.15 bits per heavy atom. The Balaban J connectivity index is 2.83. The molecule has 5 heteroatoms. The lowest BCUT2D eigenvalue weighted by Crippen LogP contribution is -2.01. The summed E-state index contributed by atoms with van der Waals surface area (Å²) < 4.78 is 28.6. The molecule has 0 saturated heterocycles. The number of hydrogen-bond acceptors (Lipinski definition) is 2. The molecule has 0 amide bonds. The Bertz CT molecular complexity index is 293. The van der Waals surface area contributed by atoms with Crippen LogP contribution >= 0.6 is 27.7 Å². The van der Waals surface area contributed by atoms with E-state index in [9.17, 15) is 8.78 Å². The van der Waals surface area contributed by atoms with Gasteiger partial charge < -0.3 is 4.74 Å². The van der Waals surface area contributed by atoms with Gasteiger partial charge in [0.1, 0.15) is 5.75 Å². The van der Waals surface area contributed by atoms with Crippen LogP contribution in [0.15, 0.2) is 27.6 Å². The highest BCUT2D eigenvalue weighted by Gasteiger charge is 2.06. The second kappa shape index (κ2) is 4.81. The predicted molar refractivity (Wildman–Crippen MR) is 52.6 cm³/mol. The van der Waals surface area contributed by atoms with Gasteiger partial charge in [-0.1, -0.05) is 0 Å². The maximum atomic E-state index is 11.8. The molecule has 0 aromatic heterocycles. The van der Waals surface area contributed by atoms with E-state index in [1.165, 1.54) is 23.9 Å². The van der Waals surface area contributed by atoms with Crippen LogP contribution < -0.4 is 4.74 Å². The molecule has 1 rings (SSSR count). The number of halogens is 3. The van der Waals surface area contributed by atoms with Crippen LogP contribution in [0.2, 0.25) is 0 Å². The molecule has 1 nitrogen and oxygen atoms in total. The highest BCUT2D eigenvalue weighted by atomic mass is 79.9. The normalized spacial score (nSPS) is 10.5. The van der Waals surface area contributed by atoms with E-state index in [1.54, 1.807) is 6.07 Å². The third kappa shape index (κ3) is 3.15. The minimum Gasteiger partial charge on any atom is -0.435 e. The van der Waals surface area contributed by atoms with Crippen LogP contribution in [0.5, 0.6) is 5.75 Å². The van der Waals surface area contributed by atoms with Crippen LogP contribution in [0.25, 0.3) is 0 Å². The molecule has 0 atom stereocenters. The molecule has 0 N–H and O–H groups in total. The molecule has 0 radical (unpaired) electrons. The summed E-state index contributed by atoms with van der Waals surface area (Å²) in [5, 5.41) is 0. The Kier molecular flexibility index (Phi) is 3.99. The molecule has 13 heavy (non-hydrogen) atoms. The van der Waals surface area contributed by atoms with E-state index in [4.69, 9.17) is 0 Å². The summed E-state index contributed by atoms with van der Waals surface area (Å²) in [5.41, 5.74) is 0. The monoisotopic (exact) mass is 268 g/mol. The van der Waals surface area contributed by atoms with Crippen molar-refractivity contribution in [3.05, 3.63) is 22.7 Å². The molecule has 0 bridgehead atoms. The van der Waals surface area contributed by atoms with Gasteiger partial charge in [0.15, 0.2) is 0 Å². The Hall–Kier alpha value is -0.290.